The zero-order valence-corrected chi connectivity index (χ0v) is 13.4. The Labute approximate surface area is 130 Å². The molecule has 0 aliphatic rings. The number of hydrogen-bond acceptors (Lipinski definition) is 4. The second-order valence-electron chi connectivity index (χ2n) is 4.75. The maximum atomic E-state index is 9.48. The molecule has 1 aromatic heterocycles. The van der Waals surface area contributed by atoms with Crippen LogP contribution in [0.25, 0.3) is 0 Å². The molecule has 0 spiro atoms. The summed E-state index contributed by atoms with van der Waals surface area (Å²) in [6.07, 6.45) is 2.00. The van der Waals surface area contributed by atoms with Crippen molar-refractivity contribution >= 4 is 17.4 Å². The normalized spacial score (nSPS) is 10.2. The van der Waals surface area contributed by atoms with E-state index < -0.39 is 0 Å². The first-order valence-corrected chi connectivity index (χ1v) is 8.16. The fourth-order valence-corrected chi connectivity index (χ4v) is 2.88. The van der Waals surface area contributed by atoms with E-state index in [-0.39, 0.29) is 0 Å². The molecule has 0 N–H and O–H groups in total. The first-order valence-electron chi connectivity index (χ1n) is 6.94. The summed E-state index contributed by atoms with van der Waals surface area (Å²) in [5.41, 5.74) is 3.77. The van der Waals surface area contributed by atoms with Crippen molar-refractivity contribution in [3.8, 4) is 6.07 Å². The molecule has 0 saturated carbocycles. The van der Waals surface area contributed by atoms with Crippen molar-refractivity contribution in [2.24, 2.45) is 0 Å². The van der Waals surface area contributed by atoms with Gasteiger partial charge < -0.3 is 4.90 Å². The monoisotopic (exact) mass is 297 g/mol. The molecule has 4 heteroatoms. The van der Waals surface area contributed by atoms with E-state index in [1.54, 1.807) is 11.8 Å². The van der Waals surface area contributed by atoms with Crippen molar-refractivity contribution in [3.63, 3.8) is 0 Å². The Morgan fingerprint density at radius 2 is 2.00 bits per heavy atom. The van der Waals surface area contributed by atoms with E-state index in [0.717, 1.165) is 34.1 Å². The SMILES string of the molecule is CCN(Cc1cccc(C)n1)c1cccc(SC)c1C#N. The maximum Gasteiger partial charge on any atom is 0.103 e. The van der Waals surface area contributed by atoms with Gasteiger partial charge in [0.05, 0.1) is 23.5 Å². The standard InChI is InChI=1S/C17H19N3S/c1-4-20(12-14-8-5-7-13(2)19-14)16-9-6-10-17(21-3)15(16)11-18/h5-10H,4,12H2,1-3H3. The van der Waals surface area contributed by atoms with Gasteiger partial charge in [-0.3, -0.25) is 4.98 Å². The summed E-state index contributed by atoms with van der Waals surface area (Å²) in [5.74, 6) is 0. The molecule has 21 heavy (non-hydrogen) atoms. The van der Waals surface area contributed by atoms with Crippen molar-refractivity contribution < 1.29 is 0 Å². The Kier molecular flexibility index (Phi) is 5.24. The van der Waals surface area contributed by atoms with Gasteiger partial charge in [-0.15, -0.1) is 11.8 Å². The van der Waals surface area contributed by atoms with Crippen molar-refractivity contribution in [2.45, 2.75) is 25.3 Å². The number of rotatable bonds is 5. The fourth-order valence-electron chi connectivity index (χ4n) is 2.32. The van der Waals surface area contributed by atoms with Gasteiger partial charge >= 0.3 is 0 Å². The summed E-state index contributed by atoms with van der Waals surface area (Å²) in [7, 11) is 0. The van der Waals surface area contributed by atoms with Gasteiger partial charge in [-0.25, -0.2) is 0 Å². The lowest BCUT2D eigenvalue weighted by Gasteiger charge is -2.24. The topological polar surface area (TPSA) is 39.9 Å². The molecule has 2 rings (SSSR count). The molecule has 3 nitrogen and oxygen atoms in total. The van der Waals surface area contributed by atoms with Crippen LogP contribution in [0.4, 0.5) is 5.69 Å². The number of nitriles is 1. The van der Waals surface area contributed by atoms with E-state index >= 15 is 0 Å². The Bertz CT molecular complexity index is 661. The third-order valence-corrected chi connectivity index (χ3v) is 4.14. The van der Waals surface area contributed by atoms with E-state index in [1.807, 2.05) is 49.6 Å². The number of nitrogens with zero attached hydrogens (tertiary/aromatic N) is 3. The van der Waals surface area contributed by atoms with Gasteiger partial charge in [-0.05, 0) is 44.4 Å². The highest BCUT2D eigenvalue weighted by Gasteiger charge is 2.14. The lowest BCUT2D eigenvalue weighted by Crippen LogP contribution is -2.23. The number of anilines is 1. The van der Waals surface area contributed by atoms with Crippen LogP contribution in [0.2, 0.25) is 0 Å². The first-order chi connectivity index (χ1) is 10.2. The van der Waals surface area contributed by atoms with Crippen LogP contribution in [-0.4, -0.2) is 17.8 Å². The Balaban J connectivity index is 2.36. The number of thioether (sulfide) groups is 1. The van der Waals surface area contributed by atoms with Gasteiger partial charge in [0.15, 0.2) is 0 Å². The lowest BCUT2D eigenvalue weighted by atomic mass is 10.1. The Hall–Kier alpha value is -1.99. The quantitative estimate of drug-likeness (QED) is 0.782. The Morgan fingerprint density at radius 1 is 1.24 bits per heavy atom. The van der Waals surface area contributed by atoms with E-state index in [9.17, 15) is 5.26 Å². The minimum absolute atomic E-state index is 0.713. The summed E-state index contributed by atoms with van der Waals surface area (Å²) >= 11 is 1.61. The average molecular weight is 297 g/mol. The number of benzene rings is 1. The predicted molar refractivity (Wildman–Crippen MR) is 88.6 cm³/mol. The molecule has 0 radical (unpaired) electrons. The molecule has 0 bridgehead atoms. The van der Waals surface area contributed by atoms with Crippen molar-refractivity contribution in [3.05, 3.63) is 53.3 Å². The van der Waals surface area contributed by atoms with Crippen LogP contribution in [0.15, 0.2) is 41.3 Å². The van der Waals surface area contributed by atoms with E-state index in [1.165, 1.54) is 0 Å². The van der Waals surface area contributed by atoms with Crippen LogP contribution in [0.5, 0.6) is 0 Å². The average Bonchev–Trinajstić information content (AvgIpc) is 2.51. The Morgan fingerprint density at radius 3 is 2.62 bits per heavy atom. The first kappa shape index (κ1) is 15.4. The van der Waals surface area contributed by atoms with Crippen LogP contribution >= 0.6 is 11.8 Å². The zero-order valence-electron chi connectivity index (χ0n) is 12.6. The summed E-state index contributed by atoms with van der Waals surface area (Å²) < 4.78 is 0. The lowest BCUT2D eigenvalue weighted by molar-refractivity contribution is 0.803. The minimum atomic E-state index is 0.713. The van der Waals surface area contributed by atoms with E-state index in [4.69, 9.17) is 0 Å². The third kappa shape index (κ3) is 3.56. The highest BCUT2D eigenvalue weighted by atomic mass is 32.2. The molecule has 0 saturated heterocycles. The molecule has 0 aliphatic carbocycles. The van der Waals surface area contributed by atoms with Gasteiger partial charge in [0.1, 0.15) is 6.07 Å². The summed E-state index contributed by atoms with van der Waals surface area (Å²) in [6.45, 7) is 5.64. The van der Waals surface area contributed by atoms with Crippen LogP contribution in [-0.2, 0) is 6.54 Å². The van der Waals surface area contributed by atoms with Gasteiger partial charge in [0.2, 0.25) is 0 Å². The number of hydrogen-bond donors (Lipinski definition) is 0. The van der Waals surface area contributed by atoms with Crippen LogP contribution in [0, 0.1) is 18.3 Å². The van der Waals surface area contributed by atoms with Crippen molar-refractivity contribution in [1.82, 2.24) is 4.98 Å². The molecular formula is C17H19N3S. The highest BCUT2D eigenvalue weighted by Crippen LogP contribution is 2.29. The number of pyridine rings is 1. The van der Waals surface area contributed by atoms with E-state index in [2.05, 4.69) is 22.9 Å². The second kappa shape index (κ2) is 7.14. The fraction of sp³-hybridized carbons (Fsp3) is 0.294. The van der Waals surface area contributed by atoms with Gasteiger partial charge in [0, 0.05) is 17.1 Å². The summed E-state index contributed by atoms with van der Waals surface area (Å²) in [4.78, 5) is 7.77. The van der Waals surface area contributed by atoms with Crippen molar-refractivity contribution in [1.29, 1.82) is 5.26 Å². The summed E-state index contributed by atoms with van der Waals surface area (Å²) in [5, 5.41) is 9.48. The van der Waals surface area contributed by atoms with Crippen LogP contribution < -0.4 is 4.90 Å². The minimum Gasteiger partial charge on any atom is -0.365 e. The molecule has 0 unspecified atom stereocenters. The number of aromatic nitrogens is 1. The van der Waals surface area contributed by atoms with Crippen molar-refractivity contribution in [2.75, 3.05) is 17.7 Å². The molecule has 108 valence electrons. The molecule has 0 fully saturated rings. The maximum absolute atomic E-state index is 9.48. The van der Waals surface area contributed by atoms with E-state index in [0.29, 0.717) is 6.54 Å². The smallest absolute Gasteiger partial charge is 0.103 e. The number of aryl methyl sites for hydroxylation is 1. The van der Waals surface area contributed by atoms with Gasteiger partial charge in [-0.1, -0.05) is 12.1 Å². The molecule has 2 aromatic rings. The van der Waals surface area contributed by atoms with Gasteiger partial charge in [-0.2, -0.15) is 5.26 Å². The molecule has 0 atom stereocenters. The summed E-state index contributed by atoms with van der Waals surface area (Å²) in [6, 6.07) is 14.4. The molecule has 1 heterocycles. The second-order valence-corrected chi connectivity index (χ2v) is 5.60. The van der Waals surface area contributed by atoms with Crippen LogP contribution in [0.1, 0.15) is 23.9 Å². The highest BCUT2D eigenvalue weighted by molar-refractivity contribution is 7.98. The zero-order chi connectivity index (χ0) is 15.2. The van der Waals surface area contributed by atoms with Crippen LogP contribution in [0.3, 0.4) is 0 Å². The molecule has 0 aliphatic heterocycles. The van der Waals surface area contributed by atoms with Gasteiger partial charge in [0.25, 0.3) is 0 Å². The molecule has 0 amide bonds. The predicted octanol–water partition coefficient (Wildman–Crippen LogP) is 4.01. The molecule has 1 aromatic carbocycles. The molecular weight excluding hydrogens is 278 g/mol. The third-order valence-electron chi connectivity index (χ3n) is 3.36. The largest absolute Gasteiger partial charge is 0.365 e.